The van der Waals surface area contributed by atoms with Gasteiger partial charge in [0.2, 0.25) is 5.91 Å². The fourth-order valence-corrected chi connectivity index (χ4v) is 3.48. The first-order valence-electron chi connectivity index (χ1n) is 8.78. The number of carbonyl (C=O) groups excluding carboxylic acids is 2. The number of aryl methyl sites for hydroxylation is 1. The van der Waals surface area contributed by atoms with Crippen LogP contribution in [0.1, 0.15) is 34.1 Å². The molecule has 29 heavy (non-hydrogen) atoms. The second-order valence-electron chi connectivity index (χ2n) is 6.33. The van der Waals surface area contributed by atoms with Crippen molar-refractivity contribution >= 4 is 40.2 Å². The lowest BCUT2D eigenvalue weighted by molar-refractivity contribution is -0.115. The average Bonchev–Trinajstić information content (AvgIpc) is 3.14. The number of carbonyl (C=O) groups is 2. The Morgan fingerprint density at radius 1 is 1.17 bits per heavy atom. The number of hydrogen-bond acceptors (Lipinski definition) is 5. The SMILES string of the molecule is CC(=O)N(c1nc(/C=N\NC(=O)c2ccc(F)cc2)cs1)c1cccc(C)c1C. The number of amides is 2. The van der Waals surface area contributed by atoms with Crippen molar-refractivity contribution in [1.29, 1.82) is 0 Å². The molecule has 0 spiro atoms. The van der Waals surface area contributed by atoms with Crippen LogP contribution in [0.5, 0.6) is 0 Å². The summed E-state index contributed by atoms with van der Waals surface area (Å²) in [6.07, 6.45) is 1.39. The fraction of sp³-hybridized carbons (Fsp3) is 0.143. The summed E-state index contributed by atoms with van der Waals surface area (Å²) >= 11 is 1.30. The van der Waals surface area contributed by atoms with Gasteiger partial charge in [-0.3, -0.25) is 14.5 Å². The van der Waals surface area contributed by atoms with Crippen LogP contribution in [0.2, 0.25) is 0 Å². The van der Waals surface area contributed by atoms with Gasteiger partial charge in [0.05, 0.1) is 17.6 Å². The molecule has 2 amide bonds. The highest BCUT2D eigenvalue weighted by atomic mass is 32.1. The van der Waals surface area contributed by atoms with E-state index in [9.17, 15) is 14.0 Å². The van der Waals surface area contributed by atoms with Crippen molar-refractivity contribution in [3.8, 4) is 0 Å². The largest absolute Gasteiger partial charge is 0.274 e. The van der Waals surface area contributed by atoms with Crippen LogP contribution in [-0.2, 0) is 4.79 Å². The molecule has 0 fully saturated rings. The molecule has 3 aromatic rings. The predicted molar refractivity (Wildman–Crippen MR) is 112 cm³/mol. The number of hydrazone groups is 1. The van der Waals surface area contributed by atoms with Gasteiger partial charge in [-0.2, -0.15) is 5.10 Å². The zero-order chi connectivity index (χ0) is 21.0. The summed E-state index contributed by atoms with van der Waals surface area (Å²) in [5.74, 6) is -1.03. The second kappa shape index (κ2) is 8.74. The fourth-order valence-electron chi connectivity index (χ4n) is 2.65. The number of aromatic nitrogens is 1. The van der Waals surface area contributed by atoms with Crippen molar-refractivity contribution in [2.75, 3.05) is 4.90 Å². The molecule has 0 saturated carbocycles. The summed E-state index contributed by atoms with van der Waals surface area (Å²) in [4.78, 5) is 30.3. The first-order chi connectivity index (χ1) is 13.9. The summed E-state index contributed by atoms with van der Waals surface area (Å²) in [6.45, 7) is 5.43. The van der Waals surface area contributed by atoms with Crippen molar-refractivity contribution in [2.24, 2.45) is 5.10 Å². The lowest BCUT2D eigenvalue weighted by atomic mass is 10.1. The van der Waals surface area contributed by atoms with Crippen molar-refractivity contribution in [2.45, 2.75) is 20.8 Å². The van der Waals surface area contributed by atoms with Crippen LogP contribution >= 0.6 is 11.3 Å². The van der Waals surface area contributed by atoms with E-state index in [0.717, 1.165) is 16.8 Å². The number of thiazole rings is 1. The monoisotopic (exact) mass is 410 g/mol. The van der Waals surface area contributed by atoms with Gasteiger partial charge in [-0.05, 0) is 55.3 Å². The van der Waals surface area contributed by atoms with Crippen molar-refractivity contribution in [3.05, 3.63) is 76.0 Å². The first kappa shape index (κ1) is 20.3. The molecule has 1 heterocycles. The number of benzene rings is 2. The Balaban J connectivity index is 1.75. The van der Waals surface area contributed by atoms with Gasteiger partial charge in [0, 0.05) is 17.9 Å². The highest BCUT2D eigenvalue weighted by Crippen LogP contribution is 2.32. The molecule has 8 heteroatoms. The van der Waals surface area contributed by atoms with Gasteiger partial charge >= 0.3 is 0 Å². The van der Waals surface area contributed by atoms with Crippen LogP contribution in [0, 0.1) is 19.7 Å². The lowest BCUT2D eigenvalue weighted by Crippen LogP contribution is -2.23. The topological polar surface area (TPSA) is 74.7 Å². The maximum Gasteiger partial charge on any atom is 0.271 e. The zero-order valence-electron chi connectivity index (χ0n) is 16.1. The van der Waals surface area contributed by atoms with Gasteiger partial charge < -0.3 is 0 Å². The Bertz CT molecular complexity index is 1080. The number of nitrogens with one attached hydrogen (secondary N) is 1. The third kappa shape index (κ3) is 4.72. The first-order valence-corrected chi connectivity index (χ1v) is 9.66. The van der Waals surface area contributed by atoms with E-state index in [1.807, 2.05) is 32.0 Å². The maximum atomic E-state index is 12.9. The molecule has 0 bridgehead atoms. The smallest absolute Gasteiger partial charge is 0.271 e. The van der Waals surface area contributed by atoms with Crippen molar-refractivity contribution < 1.29 is 14.0 Å². The summed E-state index contributed by atoms with van der Waals surface area (Å²) in [5, 5.41) is 6.14. The van der Waals surface area contributed by atoms with E-state index in [1.54, 1.807) is 10.3 Å². The van der Waals surface area contributed by atoms with E-state index in [0.29, 0.717) is 16.4 Å². The van der Waals surface area contributed by atoms with Crippen LogP contribution in [0.3, 0.4) is 0 Å². The molecule has 0 radical (unpaired) electrons. The van der Waals surface area contributed by atoms with Gasteiger partial charge in [0.15, 0.2) is 5.13 Å². The minimum absolute atomic E-state index is 0.152. The number of nitrogens with zero attached hydrogens (tertiary/aromatic N) is 3. The van der Waals surface area contributed by atoms with Crippen LogP contribution in [0.25, 0.3) is 0 Å². The molecule has 1 N–H and O–H groups in total. The second-order valence-corrected chi connectivity index (χ2v) is 7.17. The van der Waals surface area contributed by atoms with Crippen molar-refractivity contribution in [1.82, 2.24) is 10.4 Å². The van der Waals surface area contributed by atoms with Gasteiger partial charge in [0.25, 0.3) is 5.91 Å². The summed E-state index contributed by atoms with van der Waals surface area (Å²) < 4.78 is 12.9. The van der Waals surface area contributed by atoms with Crippen LogP contribution in [0.4, 0.5) is 15.2 Å². The van der Waals surface area contributed by atoms with E-state index in [2.05, 4.69) is 15.5 Å². The molecular weight excluding hydrogens is 391 g/mol. The average molecular weight is 410 g/mol. The zero-order valence-corrected chi connectivity index (χ0v) is 17.0. The number of anilines is 2. The van der Waals surface area contributed by atoms with Crippen LogP contribution < -0.4 is 10.3 Å². The predicted octanol–water partition coefficient (Wildman–Crippen LogP) is 4.35. The molecule has 0 atom stereocenters. The van der Waals surface area contributed by atoms with Crippen LogP contribution in [0.15, 0.2) is 52.9 Å². The molecule has 0 aliphatic carbocycles. The molecule has 0 unspecified atom stereocenters. The summed E-state index contributed by atoms with van der Waals surface area (Å²) in [5.41, 5.74) is 6.02. The molecule has 0 aliphatic heterocycles. The molecule has 1 aromatic heterocycles. The van der Waals surface area contributed by atoms with E-state index >= 15 is 0 Å². The third-order valence-electron chi connectivity index (χ3n) is 4.30. The minimum atomic E-state index is -0.461. The molecule has 148 valence electrons. The molecule has 0 aliphatic rings. The molecule has 0 saturated heterocycles. The Labute approximate surface area is 171 Å². The normalized spacial score (nSPS) is 10.9. The van der Waals surface area contributed by atoms with E-state index in [-0.39, 0.29) is 5.91 Å². The van der Waals surface area contributed by atoms with Crippen molar-refractivity contribution in [3.63, 3.8) is 0 Å². The lowest BCUT2D eigenvalue weighted by Gasteiger charge is -2.21. The van der Waals surface area contributed by atoms with Gasteiger partial charge in [-0.1, -0.05) is 12.1 Å². The standard InChI is InChI=1S/C21H19FN4O2S/c1-13-5-4-6-19(14(13)2)26(15(3)27)21-24-18(12-29-21)11-23-25-20(28)16-7-9-17(22)10-8-16/h4-12H,1-3H3,(H,25,28)/b23-11-. The van der Waals surface area contributed by atoms with E-state index < -0.39 is 11.7 Å². The summed E-state index contributed by atoms with van der Waals surface area (Å²) in [6, 6.07) is 10.9. The molecule has 3 rings (SSSR count). The van der Waals surface area contributed by atoms with Gasteiger partial charge in [0.1, 0.15) is 5.82 Å². The third-order valence-corrected chi connectivity index (χ3v) is 5.15. The number of halogens is 1. The van der Waals surface area contributed by atoms with Crippen LogP contribution in [-0.4, -0.2) is 23.0 Å². The van der Waals surface area contributed by atoms with E-state index in [4.69, 9.17) is 0 Å². The molecule has 6 nitrogen and oxygen atoms in total. The number of hydrogen-bond donors (Lipinski definition) is 1. The highest BCUT2D eigenvalue weighted by molar-refractivity contribution is 7.14. The molecule has 2 aromatic carbocycles. The summed E-state index contributed by atoms with van der Waals surface area (Å²) in [7, 11) is 0. The Hall–Kier alpha value is -3.39. The Morgan fingerprint density at radius 3 is 2.59 bits per heavy atom. The quantitative estimate of drug-likeness (QED) is 0.502. The van der Waals surface area contributed by atoms with E-state index in [1.165, 1.54) is 48.7 Å². The molecular formula is C21H19FN4O2S. The Kier molecular flexibility index (Phi) is 6.13. The van der Waals surface area contributed by atoms with Gasteiger partial charge in [-0.15, -0.1) is 11.3 Å². The Morgan fingerprint density at radius 2 is 1.90 bits per heavy atom. The number of rotatable bonds is 5. The maximum absolute atomic E-state index is 12.9. The highest BCUT2D eigenvalue weighted by Gasteiger charge is 2.20. The minimum Gasteiger partial charge on any atom is -0.274 e. The van der Waals surface area contributed by atoms with Gasteiger partial charge in [-0.25, -0.2) is 14.8 Å².